The minimum atomic E-state index is -0.568. The molecule has 0 heterocycles. The van der Waals surface area contributed by atoms with Gasteiger partial charge in [-0.25, -0.2) is 0 Å². The number of para-hydroxylation sites is 1. The lowest BCUT2D eigenvalue weighted by atomic mass is 10.1. The van der Waals surface area contributed by atoms with E-state index in [4.69, 9.17) is 9.47 Å². The molecule has 0 aliphatic heterocycles. The van der Waals surface area contributed by atoms with E-state index in [1.54, 1.807) is 72.8 Å². The van der Waals surface area contributed by atoms with Gasteiger partial charge in [-0.3, -0.25) is 24.5 Å². The first-order valence-electron chi connectivity index (χ1n) is 13.1. The van der Waals surface area contributed by atoms with Crippen LogP contribution in [0.2, 0.25) is 0 Å². The highest BCUT2D eigenvalue weighted by Crippen LogP contribution is 2.32. The lowest BCUT2D eigenvalue weighted by Gasteiger charge is -2.14. The Morgan fingerprint density at radius 1 is 0.818 bits per heavy atom. The summed E-state index contributed by atoms with van der Waals surface area (Å²) in [6, 6.07) is 26.1. The van der Waals surface area contributed by atoms with Crippen molar-refractivity contribution in [3.63, 3.8) is 0 Å². The molecule has 0 aromatic heterocycles. The molecule has 0 spiro atoms. The van der Waals surface area contributed by atoms with Gasteiger partial charge < -0.3 is 25.4 Å². The third-order valence-corrected chi connectivity index (χ3v) is 7.12. The first-order chi connectivity index (χ1) is 21.3. The largest absolute Gasteiger partial charge is 0.493 e. The molecule has 0 saturated carbocycles. The number of rotatable bonds is 12. The fraction of sp³-hybridized carbons (Fsp3) is 0.0938. The van der Waals surface area contributed by atoms with Gasteiger partial charge in [-0.15, -0.1) is 11.8 Å². The van der Waals surface area contributed by atoms with Crippen LogP contribution >= 0.6 is 11.8 Å². The summed E-state index contributed by atoms with van der Waals surface area (Å²) in [5, 5.41) is 19.0. The number of methoxy groups -OCH3 is 2. The fourth-order valence-electron chi connectivity index (χ4n) is 3.97. The van der Waals surface area contributed by atoms with Crippen molar-refractivity contribution in [2.45, 2.75) is 4.90 Å². The molecule has 0 saturated heterocycles. The number of hydrogen-bond donors (Lipinski definition) is 3. The number of carbonyl (C=O) groups excluding carboxylic acids is 3. The topological polar surface area (TPSA) is 149 Å². The number of carbonyl (C=O) groups is 3. The summed E-state index contributed by atoms with van der Waals surface area (Å²) in [6.07, 6.45) is 1.51. The molecule has 44 heavy (non-hydrogen) atoms. The van der Waals surface area contributed by atoms with Crippen molar-refractivity contribution >= 4 is 52.6 Å². The Morgan fingerprint density at radius 3 is 2.11 bits per heavy atom. The fourth-order valence-corrected chi connectivity index (χ4v) is 4.67. The van der Waals surface area contributed by atoms with E-state index >= 15 is 0 Å². The zero-order valence-electron chi connectivity index (χ0n) is 23.7. The highest BCUT2D eigenvalue weighted by atomic mass is 32.2. The summed E-state index contributed by atoms with van der Waals surface area (Å²) in [6.45, 7) is 0. The number of thioether (sulfide) groups is 1. The van der Waals surface area contributed by atoms with Crippen LogP contribution in [0.1, 0.15) is 15.9 Å². The molecule has 0 unspecified atom stereocenters. The molecule has 4 rings (SSSR count). The Labute approximate surface area is 257 Å². The molecule has 4 aromatic carbocycles. The summed E-state index contributed by atoms with van der Waals surface area (Å²) >= 11 is 1.28. The van der Waals surface area contributed by atoms with Crippen molar-refractivity contribution in [3.8, 4) is 11.5 Å². The van der Waals surface area contributed by atoms with Crippen LogP contribution in [0.3, 0.4) is 0 Å². The predicted molar refractivity (Wildman–Crippen MR) is 169 cm³/mol. The van der Waals surface area contributed by atoms with Crippen LogP contribution in [-0.2, 0) is 9.59 Å². The molecule has 3 amide bonds. The first kappa shape index (κ1) is 31.3. The summed E-state index contributed by atoms with van der Waals surface area (Å²) in [4.78, 5) is 49.8. The van der Waals surface area contributed by atoms with Gasteiger partial charge in [-0.05, 0) is 60.7 Å². The Morgan fingerprint density at radius 2 is 1.48 bits per heavy atom. The molecule has 11 nitrogen and oxygen atoms in total. The van der Waals surface area contributed by atoms with Crippen molar-refractivity contribution in [1.29, 1.82) is 0 Å². The molecule has 224 valence electrons. The maximum absolute atomic E-state index is 13.4. The number of nitrogens with one attached hydrogen (secondary N) is 3. The van der Waals surface area contributed by atoms with Crippen LogP contribution in [0.5, 0.6) is 11.5 Å². The van der Waals surface area contributed by atoms with Crippen molar-refractivity contribution < 1.29 is 28.8 Å². The third kappa shape index (κ3) is 8.46. The van der Waals surface area contributed by atoms with Gasteiger partial charge in [0, 0.05) is 39.5 Å². The molecule has 0 radical (unpaired) electrons. The molecular formula is C32H28N4O7S. The average Bonchev–Trinajstić information content (AvgIpc) is 3.04. The summed E-state index contributed by atoms with van der Waals surface area (Å²) in [7, 11) is 2.99. The van der Waals surface area contributed by atoms with Crippen molar-refractivity contribution in [2.24, 2.45) is 0 Å². The molecule has 0 aliphatic rings. The number of anilines is 2. The van der Waals surface area contributed by atoms with Gasteiger partial charge in [-0.2, -0.15) is 0 Å². The number of nitrogens with zero attached hydrogens (tertiary/aromatic N) is 1. The smallest absolute Gasteiger partial charge is 0.272 e. The Kier molecular flexibility index (Phi) is 10.7. The average molecular weight is 613 g/mol. The van der Waals surface area contributed by atoms with E-state index in [0.717, 1.165) is 4.90 Å². The lowest BCUT2D eigenvalue weighted by molar-refractivity contribution is -0.384. The zero-order chi connectivity index (χ0) is 31.5. The van der Waals surface area contributed by atoms with E-state index < -0.39 is 16.7 Å². The lowest BCUT2D eigenvalue weighted by Crippen LogP contribution is -2.30. The van der Waals surface area contributed by atoms with Gasteiger partial charge in [0.1, 0.15) is 5.70 Å². The normalized spacial score (nSPS) is 10.8. The minimum absolute atomic E-state index is 0.0215. The second-order valence-corrected chi connectivity index (χ2v) is 10.1. The Hall–Kier alpha value is -5.62. The van der Waals surface area contributed by atoms with Crippen molar-refractivity contribution in [3.05, 3.63) is 124 Å². The van der Waals surface area contributed by atoms with Crippen molar-refractivity contribution in [2.75, 3.05) is 30.6 Å². The van der Waals surface area contributed by atoms with Gasteiger partial charge in [0.25, 0.3) is 17.5 Å². The molecule has 0 atom stereocenters. The highest BCUT2D eigenvalue weighted by Gasteiger charge is 2.17. The van der Waals surface area contributed by atoms with Crippen molar-refractivity contribution in [1.82, 2.24) is 5.32 Å². The van der Waals surface area contributed by atoms with Gasteiger partial charge in [0.05, 0.1) is 24.9 Å². The molecule has 4 aromatic rings. The zero-order valence-corrected chi connectivity index (χ0v) is 24.6. The number of hydrogen-bond acceptors (Lipinski definition) is 8. The second-order valence-electron chi connectivity index (χ2n) is 9.08. The van der Waals surface area contributed by atoms with E-state index in [1.165, 1.54) is 56.3 Å². The predicted octanol–water partition coefficient (Wildman–Crippen LogP) is 5.75. The van der Waals surface area contributed by atoms with E-state index in [0.29, 0.717) is 34.0 Å². The molecule has 0 aliphatic carbocycles. The molecule has 0 bridgehead atoms. The first-order valence-corrected chi connectivity index (χ1v) is 14.1. The Balaban J connectivity index is 1.44. The molecule has 3 N–H and O–H groups in total. The van der Waals surface area contributed by atoms with Crippen LogP contribution in [0.25, 0.3) is 6.08 Å². The third-order valence-electron chi connectivity index (χ3n) is 6.11. The maximum Gasteiger partial charge on any atom is 0.272 e. The van der Waals surface area contributed by atoms with Crippen LogP contribution in [0.15, 0.2) is 108 Å². The highest BCUT2D eigenvalue weighted by molar-refractivity contribution is 8.00. The standard InChI is InChI=1S/C32H28N4O7S/c1-42-28-10-6-9-22(30(28)43-2)19-27(35-31(38)21-7-4-3-5-8-21)32(39)34-24-13-17-26(18-14-24)44-20-29(37)33-23-11-15-25(16-12-23)36(40)41/h3-19H,20H2,1-2H3,(H,33,37)(H,34,39)(H,35,38)/b27-19-. The minimum Gasteiger partial charge on any atom is -0.493 e. The summed E-state index contributed by atoms with van der Waals surface area (Å²) < 4.78 is 10.8. The number of ether oxygens (including phenoxy) is 2. The number of nitro benzene ring substituents is 1. The van der Waals surface area contributed by atoms with Gasteiger partial charge in [0.2, 0.25) is 5.91 Å². The van der Waals surface area contributed by atoms with Crippen LogP contribution in [0.4, 0.5) is 17.1 Å². The molecule has 12 heteroatoms. The van der Waals surface area contributed by atoms with Gasteiger partial charge in [-0.1, -0.05) is 30.3 Å². The monoisotopic (exact) mass is 612 g/mol. The van der Waals surface area contributed by atoms with E-state index in [9.17, 15) is 24.5 Å². The molecule has 0 fully saturated rings. The number of non-ortho nitro benzene ring substituents is 1. The quantitative estimate of drug-likeness (QED) is 0.0792. The van der Waals surface area contributed by atoms with Crippen LogP contribution in [0, 0.1) is 10.1 Å². The molecular weight excluding hydrogens is 584 g/mol. The number of benzene rings is 4. The summed E-state index contributed by atoms with van der Waals surface area (Å²) in [5.41, 5.74) is 1.73. The van der Waals surface area contributed by atoms with Gasteiger partial charge in [0.15, 0.2) is 11.5 Å². The van der Waals surface area contributed by atoms with Crippen LogP contribution < -0.4 is 25.4 Å². The van der Waals surface area contributed by atoms with E-state index in [2.05, 4.69) is 16.0 Å². The van der Waals surface area contributed by atoms with Gasteiger partial charge >= 0.3 is 0 Å². The van der Waals surface area contributed by atoms with E-state index in [1.807, 2.05) is 0 Å². The number of nitro groups is 1. The maximum atomic E-state index is 13.4. The summed E-state index contributed by atoms with van der Waals surface area (Å²) in [5.74, 6) is -0.352. The SMILES string of the molecule is COc1cccc(/C=C(\NC(=O)c2ccccc2)C(=O)Nc2ccc(SCC(=O)Nc3ccc([N+](=O)[O-])cc3)cc2)c1OC. The Bertz CT molecular complexity index is 1680. The van der Waals surface area contributed by atoms with E-state index in [-0.39, 0.29) is 23.0 Å². The number of amides is 3. The second kappa shape index (κ2) is 15.0. The van der Waals surface area contributed by atoms with Crippen LogP contribution in [-0.4, -0.2) is 42.6 Å².